The van der Waals surface area contributed by atoms with Gasteiger partial charge in [-0.05, 0) is 12.8 Å². The van der Waals surface area contributed by atoms with Crippen molar-refractivity contribution < 1.29 is 4.74 Å². The average Bonchev–Trinajstić information content (AvgIpc) is 1.89. The lowest BCUT2D eigenvalue weighted by molar-refractivity contribution is 0.131. The lowest BCUT2D eigenvalue weighted by Crippen LogP contribution is -1.94. The fourth-order valence-electron chi connectivity index (χ4n) is 0.627. The highest BCUT2D eigenvalue weighted by Crippen LogP contribution is 1.93. The van der Waals surface area contributed by atoms with Crippen molar-refractivity contribution in [2.75, 3.05) is 13.2 Å². The maximum Gasteiger partial charge on any atom is 0.0466 e. The van der Waals surface area contributed by atoms with Crippen molar-refractivity contribution in [3.8, 4) is 0 Å². The van der Waals surface area contributed by atoms with Crippen LogP contribution in [0.4, 0.5) is 0 Å². The Balaban J connectivity index is 2.60. The Morgan fingerprint density at radius 1 is 1.22 bits per heavy atom. The minimum atomic E-state index is 0.914. The van der Waals surface area contributed by atoms with Crippen LogP contribution in [-0.4, -0.2) is 13.2 Å². The second kappa shape index (κ2) is 7.96. The SMILES string of the molecule is [CH2]CCCCOCCC. The molecule has 0 bridgehead atoms. The molecular weight excluding hydrogens is 112 g/mol. The molecule has 0 saturated heterocycles. The van der Waals surface area contributed by atoms with Crippen LogP contribution in [0.1, 0.15) is 32.6 Å². The smallest absolute Gasteiger partial charge is 0.0466 e. The minimum absolute atomic E-state index is 0.914. The van der Waals surface area contributed by atoms with E-state index in [0.29, 0.717) is 0 Å². The van der Waals surface area contributed by atoms with E-state index in [-0.39, 0.29) is 0 Å². The molecular formula is C8H17O. The molecule has 1 heteroatoms. The zero-order chi connectivity index (χ0) is 6.95. The Bertz CT molecular complexity index is 37.8. The highest BCUT2D eigenvalue weighted by atomic mass is 16.5. The zero-order valence-corrected chi connectivity index (χ0v) is 6.36. The summed E-state index contributed by atoms with van der Waals surface area (Å²) in [4.78, 5) is 0. The first-order valence-electron chi connectivity index (χ1n) is 3.78. The number of unbranched alkanes of at least 4 members (excludes halogenated alkanes) is 2. The van der Waals surface area contributed by atoms with Crippen molar-refractivity contribution in [1.29, 1.82) is 0 Å². The van der Waals surface area contributed by atoms with E-state index in [9.17, 15) is 0 Å². The zero-order valence-electron chi connectivity index (χ0n) is 6.36. The standard InChI is InChI=1S/C8H17O/c1-3-5-6-8-9-7-4-2/h1,3-8H2,2H3. The molecule has 0 aromatic carbocycles. The van der Waals surface area contributed by atoms with Crippen molar-refractivity contribution >= 4 is 0 Å². The van der Waals surface area contributed by atoms with Gasteiger partial charge < -0.3 is 4.74 Å². The Morgan fingerprint density at radius 2 is 2.00 bits per heavy atom. The lowest BCUT2D eigenvalue weighted by atomic mass is 10.3. The molecule has 0 aromatic rings. The monoisotopic (exact) mass is 129 g/mol. The van der Waals surface area contributed by atoms with Crippen LogP contribution in [0.5, 0.6) is 0 Å². The van der Waals surface area contributed by atoms with Crippen LogP contribution < -0.4 is 0 Å². The van der Waals surface area contributed by atoms with Gasteiger partial charge in [0.25, 0.3) is 0 Å². The molecule has 0 fully saturated rings. The van der Waals surface area contributed by atoms with Crippen LogP contribution in [0.3, 0.4) is 0 Å². The third-order valence-electron chi connectivity index (χ3n) is 1.14. The maximum atomic E-state index is 5.26. The molecule has 0 aromatic heterocycles. The summed E-state index contributed by atoms with van der Waals surface area (Å²) in [5.41, 5.74) is 0. The van der Waals surface area contributed by atoms with Gasteiger partial charge in [0.2, 0.25) is 0 Å². The van der Waals surface area contributed by atoms with Gasteiger partial charge in [-0.25, -0.2) is 0 Å². The second-order valence-electron chi connectivity index (χ2n) is 2.17. The van der Waals surface area contributed by atoms with Crippen molar-refractivity contribution in [2.45, 2.75) is 32.6 Å². The molecule has 0 unspecified atom stereocenters. The van der Waals surface area contributed by atoms with Gasteiger partial charge in [0.05, 0.1) is 0 Å². The average molecular weight is 129 g/mol. The summed E-state index contributed by atoms with van der Waals surface area (Å²) >= 11 is 0. The molecule has 0 aliphatic carbocycles. The van der Waals surface area contributed by atoms with Gasteiger partial charge in [-0.1, -0.05) is 26.7 Å². The molecule has 0 amide bonds. The Kier molecular flexibility index (Phi) is 7.92. The van der Waals surface area contributed by atoms with Crippen LogP contribution in [0, 0.1) is 6.92 Å². The first-order valence-corrected chi connectivity index (χ1v) is 3.78. The van der Waals surface area contributed by atoms with E-state index in [1.807, 2.05) is 0 Å². The first-order chi connectivity index (χ1) is 4.41. The lowest BCUT2D eigenvalue weighted by Gasteiger charge is -1.99. The normalized spacial score (nSPS) is 10.0. The number of ether oxygens (including phenoxy) is 1. The van der Waals surface area contributed by atoms with Crippen molar-refractivity contribution in [1.82, 2.24) is 0 Å². The molecule has 0 atom stereocenters. The van der Waals surface area contributed by atoms with Gasteiger partial charge in [0.15, 0.2) is 0 Å². The predicted molar refractivity (Wildman–Crippen MR) is 40.3 cm³/mol. The van der Waals surface area contributed by atoms with E-state index in [1.54, 1.807) is 0 Å². The molecule has 0 rings (SSSR count). The van der Waals surface area contributed by atoms with Crippen molar-refractivity contribution in [2.24, 2.45) is 0 Å². The molecule has 0 N–H and O–H groups in total. The summed E-state index contributed by atoms with van der Waals surface area (Å²) in [6, 6.07) is 0. The van der Waals surface area contributed by atoms with E-state index < -0.39 is 0 Å². The second-order valence-corrected chi connectivity index (χ2v) is 2.17. The highest BCUT2D eigenvalue weighted by Gasteiger charge is 1.84. The summed E-state index contributed by atoms with van der Waals surface area (Å²) in [5, 5.41) is 0. The molecule has 55 valence electrons. The Morgan fingerprint density at radius 3 is 2.56 bits per heavy atom. The summed E-state index contributed by atoms with van der Waals surface area (Å²) < 4.78 is 5.26. The fourth-order valence-corrected chi connectivity index (χ4v) is 0.627. The quantitative estimate of drug-likeness (QED) is 0.500. The summed E-state index contributed by atoms with van der Waals surface area (Å²) in [5.74, 6) is 0. The van der Waals surface area contributed by atoms with Gasteiger partial charge in [-0.15, -0.1) is 0 Å². The molecule has 0 aliphatic rings. The number of hydrogen-bond donors (Lipinski definition) is 0. The van der Waals surface area contributed by atoms with E-state index in [1.165, 1.54) is 12.8 Å². The summed E-state index contributed by atoms with van der Waals surface area (Å²) in [6.07, 6.45) is 4.53. The molecule has 1 nitrogen and oxygen atoms in total. The molecule has 9 heavy (non-hydrogen) atoms. The Hall–Kier alpha value is -0.0400. The van der Waals surface area contributed by atoms with E-state index >= 15 is 0 Å². The summed E-state index contributed by atoms with van der Waals surface area (Å²) in [6.45, 7) is 7.71. The molecule has 1 radical (unpaired) electrons. The molecule has 0 saturated carbocycles. The fraction of sp³-hybridized carbons (Fsp3) is 0.875. The van der Waals surface area contributed by atoms with Gasteiger partial charge in [-0.3, -0.25) is 0 Å². The van der Waals surface area contributed by atoms with E-state index in [0.717, 1.165) is 26.1 Å². The van der Waals surface area contributed by atoms with Crippen LogP contribution in [0.2, 0.25) is 0 Å². The Labute approximate surface area is 58.4 Å². The van der Waals surface area contributed by atoms with Crippen LogP contribution in [-0.2, 0) is 4.74 Å². The van der Waals surface area contributed by atoms with Crippen LogP contribution >= 0.6 is 0 Å². The largest absolute Gasteiger partial charge is 0.381 e. The highest BCUT2D eigenvalue weighted by molar-refractivity contribution is 4.41. The van der Waals surface area contributed by atoms with Gasteiger partial charge in [0, 0.05) is 13.2 Å². The van der Waals surface area contributed by atoms with E-state index in [2.05, 4.69) is 13.8 Å². The molecule has 0 heterocycles. The summed E-state index contributed by atoms with van der Waals surface area (Å²) in [7, 11) is 0. The predicted octanol–water partition coefficient (Wildman–Crippen LogP) is 2.42. The van der Waals surface area contributed by atoms with Crippen molar-refractivity contribution in [3.63, 3.8) is 0 Å². The van der Waals surface area contributed by atoms with E-state index in [4.69, 9.17) is 4.74 Å². The number of rotatable bonds is 6. The first kappa shape index (κ1) is 8.96. The van der Waals surface area contributed by atoms with Gasteiger partial charge in [0.1, 0.15) is 0 Å². The minimum Gasteiger partial charge on any atom is -0.381 e. The molecule has 0 spiro atoms. The third-order valence-corrected chi connectivity index (χ3v) is 1.14. The number of hydrogen-bond acceptors (Lipinski definition) is 1. The van der Waals surface area contributed by atoms with Gasteiger partial charge >= 0.3 is 0 Å². The van der Waals surface area contributed by atoms with Crippen LogP contribution in [0.15, 0.2) is 0 Å². The topological polar surface area (TPSA) is 9.23 Å². The maximum absolute atomic E-state index is 5.26. The molecule has 0 aliphatic heterocycles. The third kappa shape index (κ3) is 7.96. The van der Waals surface area contributed by atoms with Gasteiger partial charge in [-0.2, -0.15) is 0 Å². The van der Waals surface area contributed by atoms with Crippen molar-refractivity contribution in [3.05, 3.63) is 6.92 Å². The van der Waals surface area contributed by atoms with Crippen LogP contribution in [0.25, 0.3) is 0 Å².